The van der Waals surface area contributed by atoms with Crippen molar-refractivity contribution in [3.63, 3.8) is 0 Å². The van der Waals surface area contributed by atoms with Crippen LogP contribution in [-0.4, -0.2) is 20.3 Å². The molecule has 0 amide bonds. The molecule has 8 heteroatoms. The first-order chi connectivity index (χ1) is 11.9. The van der Waals surface area contributed by atoms with Gasteiger partial charge in [0.15, 0.2) is 11.5 Å². The molecule has 0 bridgehead atoms. The molecular weight excluding hydrogens is 523 g/mol. The summed E-state index contributed by atoms with van der Waals surface area (Å²) >= 11 is 10.0. The number of aromatic nitrogens is 2. The van der Waals surface area contributed by atoms with Crippen LogP contribution in [0.2, 0.25) is 0 Å². The molecule has 0 spiro atoms. The second-order valence-electron chi connectivity index (χ2n) is 5.93. The van der Waals surface area contributed by atoms with Crippen LogP contribution in [0.5, 0.6) is 5.75 Å². The van der Waals surface area contributed by atoms with Crippen LogP contribution in [0.25, 0.3) is 5.65 Å². The number of hydrogen-bond donors (Lipinski definition) is 1. The number of benzene rings is 1. The first kappa shape index (κ1) is 17.2. The molecule has 0 saturated heterocycles. The van der Waals surface area contributed by atoms with Crippen molar-refractivity contribution in [3.05, 3.63) is 60.6 Å². The Morgan fingerprint density at radius 3 is 2.48 bits per heavy atom. The maximum atomic E-state index is 13.8. The molecule has 2 aromatic heterocycles. The predicted molar refractivity (Wildman–Crippen MR) is 102 cm³/mol. The maximum absolute atomic E-state index is 13.8. The molecule has 4 nitrogen and oxygen atoms in total. The lowest BCUT2D eigenvalue weighted by Gasteiger charge is -2.08. The van der Waals surface area contributed by atoms with Gasteiger partial charge in [-0.2, -0.15) is 0 Å². The largest absolute Gasteiger partial charge is 0.506 e. The summed E-state index contributed by atoms with van der Waals surface area (Å²) in [6.45, 7) is 0. The predicted octanol–water partition coefficient (Wildman–Crippen LogP) is 5.57. The van der Waals surface area contributed by atoms with Gasteiger partial charge < -0.3 is 5.11 Å². The summed E-state index contributed by atoms with van der Waals surface area (Å²) in [6, 6.07) is 3.11. The van der Waals surface area contributed by atoms with Gasteiger partial charge in [0.2, 0.25) is 5.78 Å². The Bertz CT molecular complexity index is 1020. The number of ketones is 1. The van der Waals surface area contributed by atoms with Gasteiger partial charge >= 0.3 is 0 Å². The monoisotopic (exact) mass is 530 g/mol. The molecule has 0 atom stereocenters. The maximum Gasteiger partial charge on any atom is 0.210 e. The fraction of sp³-hybridized carbons (Fsp3) is 0.176. The van der Waals surface area contributed by atoms with Crippen LogP contribution >= 0.6 is 47.8 Å². The lowest BCUT2D eigenvalue weighted by atomic mass is 10.0. The zero-order valence-electron chi connectivity index (χ0n) is 12.6. The second kappa shape index (κ2) is 6.17. The third-order valence-corrected chi connectivity index (χ3v) is 6.19. The molecule has 0 radical (unpaired) electrons. The highest BCUT2D eigenvalue weighted by Gasteiger charge is 2.35. The highest BCUT2D eigenvalue weighted by molar-refractivity contribution is 9.11. The molecule has 1 aromatic carbocycles. The van der Waals surface area contributed by atoms with Crippen LogP contribution in [0.15, 0.2) is 37.9 Å². The van der Waals surface area contributed by atoms with Crippen LogP contribution in [0.3, 0.4) is 0 Å². The first-order valence-electron chi connectivity index (χ1n) is 7.46. The molecule has 128 valence electrons. The van der Waals surface area contributed by atoms with Crippen molar-refractivity contribution >= 4 is 59.2 Å². The summed E-state index contributed by atoms with van der Waals surface area (Å²) in [7, 11) is 0. The van der Waals surface area contributed by atoms with Crippen molar-refractivity contribution in [1.29, 1.82) is 0 Å². The topological polar surface area (TPSA) is 54.6 Å². The van der Waals surface area contributed by atoms with Gasteiger partial charge in [0.25, 0.3) is 0 Å². The van der Waals surface area contributed by atoms with Crippen molar-refractivity contribution in [2.24, 2.45) is 0 Å². The van der Waals surface area contributed by atoms with E-state index in [0.29, 0.717) is 25.8 Å². The van der Waals surface area contributed by atoms with Crippen molar-refractivity contribution in [2.75, 3.05) is 0 Å². The Labute approximate surface area is 167 Å². The number of hydrogen-bond acceptors (Lipinski definition) is 3. The summed E-state index contributed by atoms with van der Waals surface area (Å²) in [5.41, 5.74) is 2.17. The van der Waals surface area contributed by atoms with Gasteiger partial charge in [-0.3, -0.25) is 9.20 Å². The van der Waals surface area contributed by atoms with Gasteiger partial charge in [-0.25, -0.2) is 9.37 Å². The Kier molecular flexibility index (Phi) is 4.24. The van der Waals surface area contributed by atoms with Crippen molar-refractivity contribution in [3.8, 4) is 5.75 Å². The summed E-state index contributed by atoms with van der Waals surface area (Å²) in [4.78, 5) is 17.4. The van der Waals surface area contributed by atoms with Gasteiger partial charge in [-0.05, 0) is 78.7 Å². The molecule has 0 aliphatic heterocycles. The van der Waals surface area contributed by atoms with Gasteiger partial charge in [0.05, 0.1) is 19.6 Å². The lowest BCUT2D eigenvalue weighted by Crippen LogP contribution is -2.09. The number of carbonyl (C=O) groups is 1. The first-order valence-corrected chi connectivity index (χ1v) is 9.84. The molecule has 3 aromatic rings. The van der Waals surface area contributed by atoms with Crippen LogP contribution in [-0.2, 0) is 0 Å². The molecule has 1 saturated carbocycles. The number of fused-ring (bicyclic) bond motifs is 1. The number of phenols is 1. The lowest BCUT2D eigenvalue weighted by molar-refractivity contribution is 0.103. The van der Waals surface area contributed by atoms with Crippen molar-refractivity contribution < 1.29 is 14.3 Å². The van der Waals surface area contributed by atoms with Gasteiger partial charge in [-0.1, -0.05) is 0 Å². The zero-order chi connectivity index (χ0) is 17.9. The highest BCUT2D eigenvalue weighted by atomic mass is 79.9. The summed E-state index contributed by atoms with van der Waals surface area (Å²) in [5, 5.41) is 9.87. The van der Waals surface area contributed by atoms with Crippen LogP contribution in [0, 0.1) is 5.82 Å². The standard InChI is InChI=1S/C17H10Br3FN2O2/c18-10-3-8(4-11(19)16(10)25)15(24)14-12(7-1-2-7)13(20)17-22-5-9(21)6-23(14)17/h3-7,25H,1-2H2. The van der Waals surface area contributed by atoms with E-state index in [-0.39, 0.29) is 17.5 Å². The highest BCUT2D eigenvalue weighted by Crippen LogP contribution is 2.47. The van der Waals surface area contributed by atoms with Gasteiger partial charge in [-0.15, -0.1) is 0 Å². The van der Waals surface area contributed by atoms with Crippen molar-refractivity contribution in [1.82, 2.24) is 9.38 Å². The van der Waals surface area contributed by atoms with Gasteiger partial charge in [0.1, 0.15) is 11.4 Å². The second-order valence-corrected chi connectivity index (χ2v) is 8.44. The van der Waals surface area contributed by atoms with Gasteiger partial charge in [0, 0.05) is 17.3 Å². The number of nitrogens with zero attached hydrogens (tertiary/aromatic N) is 2. The number of halogens is 4. The number of rotatable bonds is 3. The van der Waals surface area contributed by atoms with E-state index in [4.69, 9.17) is 0 Å². The minimum Gasteiger partial charge on any atom is -0.506 e. The van der Waals surface area contributed by atoms with E-state index in [0.717, 1.165) is 29.1 Å². The molecule has 1 N–H and O–H groups in total. The van der Waals surface area contributed by atoms with Crippen LogP contribution in [0.4, 0.5) is 4.39 Å². The Morgan fingerprint density at radius 1 is 1.24 bits per heavy atom. The fourth-order valence-corrected chi connectivity index (χ4v) is 4.89. The van der Waals surface area contributed by atoms with E-state index in [1.165, 1.54) is 10.6 Å². The van der Waals surface area contributed by atoms with E-state index in [1.54, 1.807) is 12.1 Å². The summed E-state index contributed by atoms with van der Waals surface area (Å²) in [5.74, 6) is -0.481. The molecule has 1 aliphatic carbocycles. The molecule has 1 aliphatic rings. The normalized spacial score (nSPS) is 14.2. The number of carbonyl (C=O) groups excluding carboxylic acids is 1. The molecule has 2 heterocycles. The van der Waals surface area contributed by atoms with E-state index >= 15 is 0 Å². The Balaban J connectivity index is 1.98. The molecular formula is C17H10Br3FN2O2. The van der Waals surface area contributed by atoms with Crippen LogP contribution < -0.4 is 0 Å². The van der Waals surface area contributed by atoms with E-state index < -0.39 is 5.82 Å². The Hall–Kier alpha value is -1.25. The van der Waals surface area contributed by atoms with E-state index in [2.05, 4.69) is 52.8 Å². The van der Waals surface area contributed by atoms with E-state index in [9.17, 15) is 14.3 Å². The SMILES string of the molecule is O=C(c1cc(Br)c(O)c(Br)c1)c1c(C2CC2)c(Br)c2ncc(F)cn12. The molecule has 1 fully saturated rings. The summed E-state index contributed by atoms with van der Waals surface area (Å²) < 4.78 is 16.8. The molecule has 0 unspecified atom stereocenters. The quantitative estimate of drug-likeness (QED) is 0.448. The minimum atomic E-state index is -0.514. The fourth-order valence-electron chi connectivity index (χ4n) is 2.90. The van der Waals surface area contributed by atoms with Crippen molar-refractivity contribution in [2.45, 2.75) is 18.8 Å². The minimum absolute atomic E-state index is 0.0212. The number of phenolic OH excluding ortho intramolecular Hbond substituents is 1. The molecule has 4 rings (SSSR count). The number of aromatic hydroxyl groups is 1. The summed E-state index contributed by atoms with van der Waals surface area (Å²) in [6.07, 6.45) is 4.39. The average molecular weight is 533 g/mol. The smallest absolute Gasteiger partial charge is 0.210 e. The third kappa shape index (κ3) is 2.84. The third-order valence-electron chi connectivity index (χ3n) is 4.20. The van der Waals surface area contributed by atoms with Crippen LogP contribution in [0.1, 0.15) is 40.4 Å². The molecule has 25 heavy (non-hydrogen) atoms. The van der Waals surface area contributed by atoms with E-state index in [1.807, 2.05) is 0 Å². The average Bonchev–Trinajstić information content (AvgIpc) is 3.36. The zero-order valence-corrected chi connectivity index (χ0v) is 17.3. The Morgan fingerprint density at radius 2 is 1.88 bits per heavy atom.